The summed E-state index contributed by atoms with van der Waals surface area (Å²) in [5.41, 5.74) is 2.44. The van der Waals surface area contributed by atoms with Crippen LogP contribution in [-0.2, 0) is 17.8 Å². The van der Waals surface area contributed by atoms with Gasteiger partial charge in [0.15, 0.2) is 0 Å². The van der Waals surface area contributed by atoms with Gasteiger partial charge in [0.2, 0.25) is 0 Å². The van der Waals surface area contributed by atoms with Gasteiger partial charge in [-0.3, -0.25) is 4.79 Å². The molecule has 0 aromatic heterocycles. The molecule has 3 rings (SSSR count). The number of aliphatic carboxylic acids is 1. The number of hydrogen-bond acceptors (Lipinski definition) is 3. The van der Waals surface area contributed by atoms with Crippen LogP contribution < -0.4 is 5.11 Å². The molecule has 0 aliphatic carbocycles. The molecule has 21 heavy (non-hydrogen) atoms. The molecule has 0 saturated carbocycles. The summed E-state index contributed by atoms with van der Waals surface area (Å²) in [5, 5.41) is 11.4. The van der Waals surface area contributed by atoms with Crippen molar-refractivity contribution in [3.05, 3.63) is 71.3 Å². The molecular weight excluding hydrogens is 266 g/mol. The Balaban J connectivity index is 1.96. The fraction of sp³-hybridized carbons (Fsp3) is 0.176. The molecule has 2 aromatic carbocycles. The standard InChI is InChI=1S/C17H15NO3/c19-16(12-6-2-1-3-7-12)18-11-14-9-5-4-8-13(14)10-15(18)17(20)21/h1-9,15H,10-11H2,(H,20,21)/p-1/t15-/m0/s1. The predicted molar refractivity (Wildman–Crippen MR) is 75.3 cm³/mol. The summed E-state index contributed by atoms with van der Waals surface area (Å²) in [4.78, 5) is 25.3. The molecule has 0 unspecified atom stereocenters. The summed E-state index contributed by atoms with van der Waals surface area (Å²) < 4.78 is 0. The van der Waals surface area contributed by atoms with Gasteiger partial charge < -0.3 is 14.8 Å². The van der Waals surface area contributed by atoms with E-state index in [4.69, 9.17) is 0 Å². The van der Waals surface area contributed by atoms with E-state index >= 15 is 0 Å². The lowest BCUT2D eigenvalue weighted by atomic mass is 9.93. The summed E-state index contributed by atoms with van der Waals surface area (Å²) >= 11 is 0. The molecule has 2 aromatic rings. The maximum absolute atomic E-state index is 12.6. The van der Waals surface area contributed by atoms with E-state index in [-0.39, 0.29) is 12.3 Å². The van der Waals surface area contributed by atoms with Crippen LogP contribution in [0.1, 0.15) is 21.5 Å². The molecule has 0 fully saturated rings. The van der Waals surface area contributed by atoms with Crippen molar-refractivity contribution in [2.24, 2.45) is 0 Å². The molecule has 4 nitrogen and oxygen atoms in total. The molecule has 0 radical (unpaired) electrons. The number of carbonyl (C=O) groups excluding carboxylic acids is 2. The van der Waals surface area contributed by atoms with Crippen molar-refractivity contribution in [2.45, 2.75) is 19.0 Å². The Kier molecular flexibility index (Phi) is 3.44. The van der Waals surface area contributed by atoms with E-state index < -0.39 is 12.0 Å². The summed E-state index contributed by atoms with van der Waals surface area (Å²) in [6.45, 7) is 0.294. The van der Waals surface area contributed by atoms with E-state index in [9.17, 15) is 14.7 Å². The van der Waals surface area contributed by atoms with Crippen LogP contribution in [0.4, 0.5) is 0 Å². The average molecular weight is 280 g/mol. The topological polar surface area (TPSA) is 60.4 Å². The van der Waals surface area contributed by atoms with Crippen LogP contribution >= 0.6 is 0 Å². The van der Waals surface area contributed by atoms with Gasteiger partial charge in [0.05, 0.1) is 12.0 Å². The molecular formula is C17H14NO3-. The first kappa shape index (κ1) is 13.4. The molecule has 1 aliphatic heterocycles. The largest absolute Gasteiger partial charge is 0.548 e. The number of carbonyl (C=O) groups is 2. The zero-order valence-corrected chi connectivity index (χ0v) is 11.4. The first-order valence-electron chi connectivity index (χ1n) is 6.80. The van der Waals surface area contributed by atoms with Crippen LogP contribution in [-0.4, -0.2) is 22.8 Å². The Bertz CT molecular complexity index is 681. The minimum Gasteiger partial charge on any atom is -0.548 e. The van der Waals surface area contributed by atoms with E-state index in [1.165, 1.54) is 4.90 Å². The highest BCUT2D eigenvalue weighted by atomic mass is 16.4. The third-order valence-electron chi connectivity index (χ3n) is 3.80. The number of fused-ring (bicyclic) bond motifs is 1. The van der Waals surface area contributed by atoms with Crippen LogP contribution in [0.25, 0.3) is 0 Å². The van der Waals surface area contributed by atoms with Crippen LogP contribution in [0.15, 0.2) is 54.6 Å². The van der Waals surface area contributed by atoms with E-state index in [0.717, 1.165) is 11.1 Å². The lowest BCUT2D eigenvalue weighted by Gasteiger charge is -2.37. The molecule has 4 heteroatoms. The van der Waals surface area contributed by atoms with Crippen LogP contribution in [0.2, 0.25) is 0 Å². The van der Waals surface area contributed by atoms with E-state index in [2.05, 4.69) is 0 Å². The van der Waals surface area contributed by atoms with Gasteiger partial charge >= 0.3 is 0 Å². The molecule has 106 valence electrons. The predicted octanol–water partition coefficient (Wildman–Crippen LogP) is 1.00. The molecule has 0 bridgehead atoms. The highest BCUT2D eigenvalue weighted by Crippen LogP contribution is 2.24. The van der Waals surface area contributed by atoms with Crippen molar-refractivity contribution in [3.8, 4) is 0 Å². The second kappa shape index (κ2) is 5.40. The first-order chi connectivity index (χ1) is 10.2. The van der Waals surface area contributed by atoms with Crippen molar-refractivity contribution < 1.29 is 14.7 Å². The van der Waals surface area contributed by atoms with Crippen molar-refractivity contribution >= 4 is 11.9 Å². The third kappa shape index (κ3) is 2.52. The summed E-state index contributed by atoms with van der Waals surface area (Å²) in [5.74, 6) is -1.49. The highest BCUT2D eigenvalue weighted by molar-refractivity contribution is 5.96. The van der Waals surface area contributed by atoms with Gasteiger partial charge in [0.1, 0.15) is 0 Å². The zero-order chi connectivity index (χ0) is 14.8. The Hall–Kier alpha value is -2.62. The first-order valence-corrected chi connectivity index (χ1v) is 6.80. The Morgan fingerprint density at radius 2 is 1.57 bits per heavy atom. The normalized spacial score (nSPS) is 17.1. The Labute approximate surface area is 122 Å². The molecule has 1 amide bonds. The average Bonchev–Trinajstić information content (AvgIpc) is 2.53. The van der Waals surface area contributed by atoms with Crippen molar-refractivity contribution in [2.75, 3.05) is 0 Å². The minimum absolute atomic E-state index is 0.278. The summed E-state index contributed by atoms with van der Waals surface area (Å²) in [6, 6.07) is 15.4. The lowest BCUT2D eigenvalue weighted by Crippen LogP contribution is -2.53. The molecule has 1 heterocycles. The van der Waals surface area contributed by atoms with Crippen LogP contribution in [0, 0.1) is 0 Å². The summed E-state index contributed by atoms with van der Waals surface area (Å²) in [6.07, 6.45) is 0.289. The molecule has 1 atom stereocenters. The van der Waals surface area contributed by atoms with Crippen molar-refractivity contribution in [3.63, 3.8) is 0 Å². The maximum atomic E-state index is 12.6. The van der Waals surface area contributed by atoms with Crippen LogP contribution in [0.3, 0.4) is 0 Å². The second-order valence-corrected chi connectivity index (χ2v) is 5.11. The number of nitrogens with zero attached hydrogens (tertiary/aromatic N) is 1. The third-order valence-corrected chi connectivity index (χ3v) is 3.80. The molecule has 0 N–H and O–H groups in total. The van der Waals surface area contributed by atoms with Gasteiger partial charge in [0.25, 0.3) is 5.91 Å². The minimum atomic E-state index is -1.21. The fourth-order valence-electron chi connectivity index (χ4n) is 2.69. The number of carboxylic acids is 1. The number of rotatable bonds is 2. The van der Waals surface area contributed by atoms with Gasteiger partial charge in [-0.05, 0) is 29.7 Å². The van der Waals surface area contributed by atoms with Gasteiger partial charge in [0, 0.05) is 12.1 Å². The lowest BCUT2D eigenvalue weighted by molar-refractivity contribution is -0.311. The smallest absolute Gasteiger partial charge is 0.254 e. The van der Waals surface area contributed by atoms with E-state index in [0.29, 0.717) is 12.1 Å². The van der Waals surface area contributed by atoms with Crippen molar-refractivity contribution in [1.29, 1.82) is 0 Å². The van der Waals surface area contributed by atoms with Gasteiger partial charge in [-0.1, -0.05) is 42.5 Å². The molecule has 0 spiro atoms. The number of amides is 1. The number of benzene rings is 2. The Morgan fingerprint density at radius 1 is 0.952 bits per heavy atom. The SMILES string of the molecule is O=C([O-])[C@@H]1Cc2ccccc2CN1C(=O)c1ccccc1. The maximum Gasteiger partial charge on any atom is 0.254 e. The highest BCUT2D eigenvalue weighted by Gasteiger charge is 2.30. The monoisotopic (exact) mass is 280 g/mol. The van der Waals surface area contributed by atoms with Crippen molar-refractivity contribution in [1.82, 2.24) is 4.90 Å². The summed E-state index contributed by atoms with van der Waals surface area (Å²) in [7, 11) is 0. The molecule has 1 aliphatic rings. The van der Waals surface area contributed by atoms with Crippen LogP contribution in [0.5, 0.6) is 0 Å². The fourth-order valence-corrected chi connectivity index (χ4v) is 2.69. The zero-order valence-electron chi connectivity index (χ0n) is 11.4. The second-order valence-electron chi connectivity index (χ2n) is 5.11. The quantitative estimate of drug-likeness (QED) is 0.824. The number of hydrogen-bond donors (Lipinski definition) is 0. The number of carboxylic acid groups (broad SMARTS) is 1. The molecule has 0 saturated heterocycles. The van der Waals surface area contributed by atoms with Gasteiger partial charge in [-0.15, -0.1) is 0 Å². The van der Waals surface area contributed by atoms with E-state index in [1.54, 1.807) is 24.3 Å². The Morgan fingerprint density at radius 3 is 2.24 bits per heavy atom. The van der Waals surface area contributed by atoms with E-state index in [1.807, 2.05) is 30.3 Å². The van der Waals surface area contributed by atoms with Gasteiger partial charge in [-0.25, -0.2) is 0 Å². The van der Waals surface area contributed by atoms with Gasteiger partial charge in [-0.2, -0.15) is 0 Å².